The van der Waals surface area contributed by atoms with Gasteiger partial charge in [-0.25, -0.2) is 0 Å². The Morgan fingerprint density at radius 1 is 0.394 bits per heavy atom. The van der Waals surface area contributed by atoms with E-state index in [1.54, 1.807) is 6.08 Å². The highest BCUT2D eigenvalue weighted by atomic mass is 16.5. The maximum absolute atomic E-state index is 12.4. The molecule has 0 aliphatic rings. The number of aliphatic hydroxyl groups is 2. The Labute approximate surface area is 442 Å². The van der Waals surface area contributed by atoms with E-state index in [-0.39, 0.29) is 18.5 Å². The Kier molecular flexibility index (Phi) is 58.5. The van der Waals surface area contributed by atoms with Crippen molar-refractivity contribution >= 4 is 11.9 Å². The average Bonchev–Trinajstić information content (AvgIpc) is 3.37. The zero-order chi connectivity index (χ0) is 51.4. The third-order valence-corrected chi connectivity index (χ3v) is 14.3. The first kappa shape index (κ1) is 68.8. The zero-order valence-corrected chi connectivity index (χ0v) is 47.5. The number of rotatable bonds is 58. The smallest absolute Gasteiger partial charge is 0.305 e. The molecule has 2 unspecified atom stereocenters. The number of nitrogens with one attached hydrogen (secondary N) is 1. The van der Waals surface area contributed by atoms with E-state index >= 15 is 0 Å². The van der Waals surface area contributed by atoms with Crippen LogP contribution in [-0.2, 0) is 14.3 Å². The SMILES string of the molecule is CCCCC/C=C\C/C=C\CCCCCCCCCCCC(=O)OCCCCCCCCCCCCCC/C=C\CCCCCCCCCCCC(=O)NC(CO)C(O)/C=C/CCCCCCCCCC. The van der Waals surface area contributed by atoms with Crippen LogP contribution in [0, 0.1) is 0 Å². The average molecular weight is 997 g/mol. The van der Waals surface area contributed by atoms with Crippen LogP contribution in [-0.4, -0.2) is 47.4 Å². The van der Waals surface area contributed by atoms with Crippen LogP contribution in [0.15, 0.2) is 48.6 Å². The summed E-state index contributed by atoms with van der Waals surface area (Å²) < 4.78 is 5.50. The van der Waals surface area contributed by atoms with Crippen LogP contribution in [0.3, 0.4) is 0 Å². The summed E-state index contributed by atoms with van der Waals surface area (Å²) >= 11 is 0. The second-order valence-electron chi connectivity index (χ2n) is 21.4. The van der Waals surface area contributed by atoms with Gasteiger partial charge in [-0.05, 0) is 89.9 Å². The van der Waals surface area contributed by atoms with Crippen molar-refractivity contribution in [3.63, 3.8) is 0 Å². The van der Waals surface area contributed by atoms with Crippen LogP contribution in [0.25, 0.3) is 0 Å². The Balaban J connectivity index is 3.38. The Morgan fingerprint density at radius 3 is 1.11 bits per heavy atom. The quantitative estimate of drug-likeness (QED) is 0.0321. The van der Waals surface area contributed by atoms with Crippen molar-refractivity contribution in [1.82, 2.24) is 5.32 Å². The predicted octanol–water partition coefficient (Wildman–Crippen LogP) is 19.7. The summed E-state index contributed by atoms with van der Waals surface area (Å²) in [5.74, 6) is -0.0642. The Bertz CT molecular complexity index is 1190. The number of hydrogen-bond acceptors (Lipinski definition) is 5. The molecule has 0 saturated carbocycles. The molecule has 0 fully saturated rings. The number of carbonyl (C=O) groups excluding carboxylic acids is 2. The third-order valence-electron chi connectivity index (χ3n) is 14.3. The highest BCUT2D eigenvalue weighted by Crippen LogP contribution is 2.17. The molecule has 0 aliphatic carbocycles. The van der Waals surface area contributed by atoms with Crippen LogP contribution in [0.2, 0.25) is 0 Å². The maximum Gasteiger partial charge on any atom is 0.305 e. The molecule has 0 radical (unpaired) electrons. The normalized spacial score (nSPS) is 12.9. The summed E-state index contributed by atoms with van der Waals surface area (Å²) in [5, 5.41) is 23.0. The van der Waals surface area contributed by atoms with E-state index in [4.69, 9.17) is 4.74 Å². The van der Waals surface area contributed by atoms with Crippen molar-refractivity contribution in [1.29, 1.82) is 0 Å². The van der Waals surface area contributed by atoms with Crippen molar-refractivity contribution in [2.45, 2.75) is 341 Å². The number of amides is 1. The van der Waals surface area contributed by atoms with Gasteiger partial charge >= 0.3 is 5.97 Å². The van der Waals surface area contributed by atoms with Crippen molar-refractivity contribution in [2.75, 3.05) is 13.2 Å². The molecule has 0 aromatic rings. The fraction of sp³-hybridized carbons (Fsp3) is 0.846. The molecule has 0 heterocycles. The van der Waals surface area contributed by atoms with Gasteiger partial charge in [-0.15, -0.1) is 0 Å². The first-order valence-corrected chi connectivity index (χ1v) is 31.4. The summed E-state index contributed by atoms with van der Waals surface area (Å²) in [7, 11) is 0. The van der Waals surface area contributed by atoms with E-state index in [0.29, 0.717) is 19.4 Å². The van der Waals surface area contributed by atoms with E-state index in [0.717, 1.165) is 51.4 Å². The number of ether oxygens (including phenoxy) is 1. The lowest BCUT2D eigenvalue weighted by Crippen LogP contribution is -2.45. The fourth-order valence-electron chi connectivity index (χ4n) is 9.48. The minimum absolute atomic E-state index is 0.00885. The molecule has 0 spiro atoms. The molecule has 0 bridgehead atoms. The molecular weight excluding hydrogens is 875 g/mol. The van der Waals surface area contributed by atoms with Gasteiger partial charge in [0.1, 0.15) is 0 Å². The molecule has 6 nitrogen and oxygen atoms in total. The minimum atomic E-state index is -0.845. The molecule has 3 N–H and O–H groups in total. The molecule has 71 heavy (non-hydrogen) atoms. The van der Waals surface area contributed by atoms with Gasteiger partial charge in [-0.1, -0.05) is 274 Å². The highest BCUT2D eigenvalue weighted by Gasteiger charge is 2.18. The minimum Gasteiger partial charge on any atom is -0.466 e. The molecule has 0 aromatic heterocycles. The standard InChI is InChI=1S/C65H121NO5/c1-3-5-7-9-11-13-15-16-17-18-26-30-33-36-39-43-47-51-55-59-65(70)71-60-56-52-48-44-40-37-34-31-28-25-23-21-19-20-22-24-27-29-32-35-38-42-46-50-54-58-64(69)66-62(61-67)63(68)57-53-49-45-41-14-12-10-8-6-4-2/h11,13,16-17,20,22,53,57,62-63,67-68H,3-10,12,14-15,18-19,21,23-52,54-56,58-61H2,1-2H3,(H,66,69)/b13-11-,17-16-,22-20-,57-53+. The molecule has 2 atom stereocenters. The molecule has 1 amide bonds. The third kappa shape index (κ3) is 57.0. The van der Waals surface area contributed by atoms with Crippen molar-refractivity contribution < 1.29 is 24.5 Å². The summed E-state index contributed by atoms with van der Waals surface area (Å²) in [6.45, 7) is 4.86. The first-order chi connectivity index (χ1) is 35.0. The van der Waals surface area contributed by atoms with Crippen molar-refractivity contribution in [3.05, 3.63) is 48.6 Å². The largest absolute Gasteiger partial charge is 0.466 e. The molecular formula is C65H121NO5. The van der Waals surface area contributed by atoms with E-state index < -0.39 is 12.1 Å². The predicted molar refractivity (Wildman–Crippen MR) is 310 cm³/mol. The molecule has 416 valence electrons. The fourth-order valence-corrected chi connectivity index (χ4v) is 9.48. The van der Waals surface area contributed by atoms with Gasteiger partial charge < -0.3 is 20.3 Å². The number of aliphatic hydroxyl groups excluding tert-OH is 2. The summed E-state index contributed by atoms with van der Waals surface area (Å²) in [5.41, 5.74) is 0. The van der Waals surface area contributed by atoms with E-state index in [2.05, 4.69) is 55.6 Å². The molecule has 6 heteroatoms. The number of unbranched alkanes of at least 4 members (excludes halogenated alkanes) is 41. The second kappa shape index (κ2) is 60.4. The van der Waals surface area contributed by atoms with Gasteiger partial charge in [0, 0.05) is 12.8 Å². The van der Waals surface area contributed by atoms with Crippen molar-refractivity contribution in [2.24, 2.45) is 0 Å². The number of esters is 1. The number of hydrogen-bond donors (Lipinski definition) is 3. The molecule has 0 saturated heterocycles. The molecule has 0 aliphatic heterocycles. The van der Waals surface area contributed by atoms with Crippen LogP contribution in [0.1, 0.15) is 328 Å². The van der Waals surface area contributed by atoms with Gasteiger partial charge in [0.15, 0.2) is 0 Å². The van der Waals surface area contributed by atoms with Gasteiger partial charge in [0.25, 0.3) is 0 Å². The monoisotopic (exact) mass is 996 g/mol. The Morgan fingerprint density at radius 2 is 0.704 bits per heavy atom. The van der Waals surface area contributed by atoms with Gasteiger partial charge in [0.2, 0.25) is 5.91 Å². The molecule has 0 aromatic carbocycles. The zero-order valence-electron chi connectivity index (χ0n) is 47.5. The lowest BCUT2D eigenvalue weighted by atomic mass is 10.0. The van der Waals surface area contributed by atoms with E-state index in [1.165, 1.54) is 250 Å². The summed E-state index contributed by atoms with van der Waals surface area (Å²) in [6.07, 6.45) is 77.3. The highest BCUT2D eigenvalue weighted by molar-refractivity contribution is 5.76. The first-order valence-electron chi connectivity index (χ1n) is 31.4. The maximum atomic E-state index is 12.4. The summed E-state index contributed by atoms with van der Waals surface area (Å²) in [4.78, 5) is 24.5. The Hall–Kier alpha value is -2.18. The molecule has 0 rings (SSSR count). The van der Waals surface area contributed by atoms with Gasteiger partial charge in [0.05, 0.1) is 25.4 Å². The lowest BCUT2D eigenvalue weighted by molar-refractivity contribution is -0.143. The van der Waals surface area contributed by atoms with Gasteiger partial charge in [-0.2, -0.15) is 0 Å². The van der Waals surface area contributed by atoms with Gasteiger partial charge in [-0.3, -0.25) is 9.59 Å². The van der Waals surface area contributed by atoms with E-state index in [9.17, 15) is 19.8 Å². The van der Waals surface area contributed by atoms with Crippen LogP contribution < -0.4 is 5.32 Å². The van der Waals surface area contributed by atoms with Crippen LogP contribution >= 0.6 is 0 Å². The van der Waals surface area contributed by atoms with Crippen LogP contribution in [0.4, 0.5) is 0 Å². The van der Waals surface area contributed by atoms with Crippen LogP contribution in [0.5, 0.6) is 0 Å². The number of allylic oxidation sites excluding steroid dienone is 7. The topological polar surface area (TPSA) is 95.9 Å². The van der Waals surface area contributed by atoms with Crippen molar-refractivity contribution in [3.8, 4) is 0 Å². The lowest BCUT2D eigenvalue weighted by Gasteiger charge is -2.20. The summed E-state index contributed by atoms with van der Waals surface area (Å²) in [6, 6.07) is -0.629. The van der Waals surface area contributed by atoms with E-state index in [1.807, 2.05) is 6.08 Å². The number of carbonyl (C=O) groups is 2. The second-order valence-corrected chi connectivity index (χ2v) is 21.4.